The van der Waals surface area contributed by atoms with Crippen LogP contribution in [0.2, 0.25) is 0 Å². The average Bonchev–Trinajstić information content (AvgIpc) is 2.87. The number of carboxylic acids is 1. The quantitative estimate of drug-likeness (QED) is 0.911. The first-order chi connectivity index (χ1) is 10.4. The molecule has 0 saturated carbocycles. The summed E-state index contributed by atoms with van der Waals surface area (Å²) in [6.45, 7) is 1.84. The van der Waals surface area contributed by atoms with Gasteiger partial charge < -0.3 is 10.1 Å². The number of fused-ring (bicyclic) bond motifs is 3. The van der Waals surface area contributed by atoms with Crippen LogP contribution in [0.25, 0.3) is 10.9 Å². The highest BCUT2D eigenvalue weighted by Gasteiger charge is 2.42. The summed E-state index contributed by atoms with van der Waals surface area (Å²) in [6.07, 6.45) is 0.940. The maximum atomic E-state index is 14.0. The zero-order valence-corrected chi connectivity index (χ0v) is 12.0. The van der Waals surface area contributed by atoms with Crippen molar-refractivity contribution in [1.29, 1.82) is 0 Å². The van der Waals surface area contributed by atoms with E-state index in [0.717, 1.165) is 6.07 Å². The van der Waals surface area contributed by atoms with Gasteiger partial charge in [0, 0.05) is 28.5 Å². The second kappa shape index (κ2) is 4.90. The third kappa shape index (κ3) is 1.94. The molecule has 1 atom stereocenters. The molecule has 0 fully saturated rings. The topological polar surface area (TPSA) is 70.2 Å². The van der Waals surface area contributed by atoms with Gasteiger partial charge in [0.15, 0.2) is 17.4 Å². The van der Waals surface area contributed by atoms with Crippen LogP contribution in [0.5, 0.6) is 0 Å². The highest BCUT2D eigenvalue weighted by Crippen LogP contribution is 2.45. The molecule has 1 aliphatic carbocycles. The molecule has 0 spiro atoms. The minimum atomic E-state index is -1.04. The molecule has 2 aromatic rings. The predicted octanol–water partition coefficient (Wildman–Crippen LogP) is 3.55. The Kier molecular flexibility index (Phi) is 3.27. The number of aromatic amines is 1. The van der Waals surface area contributed by atoms with Crippen LogP contribution in [0, 0.1) is 11.6 Å². The summed E-state index contributed by atoms with van der Waals surface area (Å²) < 4.78 is 27.4. The molecule has 1 unspecified atom stereocenters. The molecule has 0 amide bonds. The van der Waals surface area contributed by atoms with E-state index in [0.29, 0.717) is 29.5 Å². The standard InChI is InChI=1S/C16H15F2NO3/c1-2-16(7-11(21)22)6-5-10(20)12-8-3-4-9(17)13(18)14(8)19-15(12)16/h3-4,19H,2,5-7H2,1H3,(H,21,22). The number of ketones is 1. The maximum absolute atomic E-state index is 14.0. The summed E-state index contributed by atoms with van der Waals surface area (Å²) in [5, 5.41) is 9.52. The molecule has 1 aliphatic rings. The van der Waals surface area contributed by atoms with Crippen LogP contribution in [0.15, 0.2) is 12.1 Å². The number of carboxylic acid groups (broad SMARTS) is 1. The van der Waals surface area contributed by atoms with Crippen molar-refractivity contribution >= 4 is 22.7 Å². The third-order valence-corrected chi connectivity index (χ3v) is 4.67. The van der Waals surface area contributed by atoms with Gasteiger partial charge in [-0.15, -0.1) is 0 Å². The number of carbonyl (C=O) groups excluding carboxylic acids is 1. The van der Waals surface area contributed by atoms with E-state index in [-0.39, 0.29) is 24.1 Å². The largest absolute Gasteiger partial charge is 0.481 e. The molecule has 4 nitrogen and oxygen atoms in total. The van der Waals surface area contributed by atoms with E-state index < -0.39 is 23.0 Å². The van der Waals surface area contributed by atoms with Crippen molar-refractivity contribution in [1.82, 2.24) is 4.98 Å². The number of hydrogen-bond donors (Lipinski definition) is 2. The molecule has 0 saturated heterocycles. The molecule has 0 radical (unpaired) electrons. The molecule has 3 rings (SSSR count). The fourth-order valence-electron chi connectivity index (χ4n) is 3.44. The lowest BCUT2D eigenvalue weighted by Gasteiger charge is -2.34. The summed E-state index contributed by atoms with van der Waals surface area (Å²) in [7, 11) is 0. The fourth-order valence-corrected chi connectivity index (χ4v) is 3.44. The zero-order chi connectivity index (χ0) is 16.1. The lowest BCUT2D eigenvalue weighted by molar-refractivity contribution is -0.138. The van der Waals surface area contributed by atoms with Gasteiger partial charge in [-0.3, -0.25) is 9.59 Å². The van der Waals surface area contributed by atoms with Gasteiger partial charge in [0.25, 0.3) is 0 Å². The number of carbonyl (C=O) groups is 2. The lowest BCUT2D eigenvalue weighted by atomic mass is 9.69. The fraction of sp³-hybridized carbons (Fsp3) is 0.375. The Morgan fingerprint density at radius 3 is 2.77 bits per heavy atom. The van der Waals surface area contributed by atoms with Gasteiger partial charge in [-0.05, 0) is 25.0 Å². The Labute approximate surface area is 125 Å². The predicted molar refractivity (Wildman–Crippen MR) is 76.0 cm³/mol. The van der Waals surface area contributed by atoms with Crippen molar-refractivity contribution in [2.75, 3.05) is 0 Å². The Bertz CT molecular complexity index is 796. The Hall–Kier alpha value is -2.24. The van der Waals surface area contributed by atoms with E-state index >= 15 is 0 Å². The molecular formula is C16H15F2NO3. The van der Waals surface area contributed by atoms with E-state index in [4.69, 9.17) is 0 Å². The second-order valence-corrected chi connectivity index (χ2v) is 5.79. The van der Waals surface area contributed by atoms with Gasteiger partial charge in [0.2, 0.25) is 0 Å². The lowest BCUT2D eigenvalue weighted by Crippen LogP contribution is -2.35. The summed E-state index contributed by atoms with van der Waals surface area (Å²) >= 11 is 0. The SMILES string of the molecule is CCC1(CC(=O)O)CCC(=O)c2c1[nH]c1c(F)c(F)ccc21. The first kappa shape index (κ1) is 14.7. The highest BCUT2D eigenvalue weighted by atomic mass is 19.2. The normalized spacial score (nSPS) is 21.1. The number of aliphatic carboxylic acids is 1. The molecule has 22 heavy (non-hydrogen) atoms. The smallest absolute Gasteiger partial charge is 0.304 e. The minimum Gasteiger partial charge on any atom is -0.481 e. The number of H-pyrrole nitrogens is 1. The van der Waals surface area contributed by atoms with Gasteiger partial charge in [0.1, 0.15) is 0 Å². The van der Waals surface area contributed by atoms with Gasteiger partial charge >= 0.3 is 5.97 Å². The second-order valence-electron chi connectivity index (χ2n) is 5.79. The molecule has 116 valence electrons. The molecule has 0 aliphatic heterocycles. The van der Waals surface area contributed by atoms with Crippen LogP contribution in [0.4, 0.5) is 8.78 Å². The minimum absolute atomic E-state index is 0.0662. The van der Waals surface area contributed by atoms with Crippen LogP contribution in [0.1, 0.15) is 48.7 Å². The number of aromatic nitrogens is 1. The van der Waals surface area contributed by atoms with E-state index in [2.05, 4.69) is 4.98 Å². The zero-order valence-electron chi connectivity index (χ0n) is 12.0. The first-order valence-corrected chi connectivity index (χ1v) is 7.15. The number of halogens is 2. The number of benzene rings is 1. The van der Waals surface area contributed by atoms with Crippen molar-refractivity contribution in [3.05, 3.63) is 35.0 Å². The molecule has 6 heteroatoms. The van der Waals surface area contributed by atoms with Crippen LogP contribution >= 0.6 is 0 Å². The van der Waals surface area contributed by atoms with Gasteiger partial charge in [-0.2, -0.15) is 0 Å². The van der Waals surface area contributed by atoms with Crippen molar-refractivity contribution in [3.8, 4) is 0 Å². The number of Topliss-reactive ketones (excluding diaryl/α,β-unsaturated/α-hetero) is 1. The van der Waals surface area contributed by atoms with Crippen molar-refractivity contribution in [2.24, 2.45) is 0 Å². The van der Waals surface area contributed by atoms with E-state index in [9.17, 15) is 23.5 Å². The van der Waals surface area contributed by atoms with E-state index in [1.165, 1.54) is 6.07 Å². The number of rotatable bonds is 3. The number of hydrogen-bond acceptors (Lipinski definition) is 2. The van der Waals surface area contributed by atoms with Crippen LogP contribution in [0.3, 0.4) is 0 Å². The van der Waals surface area contributed by atoms with Crippen molar-refractivity contribution < 1.29 is 23.5 Å². The molecule has 1 aromatic carbocycles. The van der Waals surface area contributed by atoms with E-state index in [1.807, 2.05) is 6.92 Å². The third-order valence-electron chi connectivity index (χ3n) is 4.67. The summed E-state index contributed by atoms with van der Waals surface area (Å²) in [5.74, 6) is -3.19. The molecule has 2 N–H and O–H groups in total. The average molecular weight is 307 g/mol. The van der Waals surface area contributed by atoms with Crippen LogP contribution in [-0.4, -0.2) is 21.8 Å². The maximum Gasteiger partial charge on any atom is 0.304 e. The first-order valence-electron chi connectivity index (χ1n) is 7.15. The summed E-state index contributed by atoms with van der Waals surface area (Å²) in [4.78, 5) is 26.3. The number of nitrogens with one attached hydrogen (secondary N) is 1. The monoisotopic (exact) mass is 307 g/mol. The highest BCUT2D eigenvalue weighted by molar-refractivity contribution is 6.10. The summed E-state index contributed by atoms with van der Waals surface area (Å²) in [5.41, 5.74) is -0.0864. The summed E-state index contributed by atoms with van der Waals surface area (Å²) in [6, 6.07) is 2.35. The Balaban J connectivity index is 2.33. The molecule has 1 heterocycles. The van der Waals surface area contributed by atoms with Gasteiger partial charge in [0.05, 0.1) is 11.9 Å². The van der Waals surface area contributed by atoms with Crippen molar-refractivity contribution in [2.45, 2.75) is 38.0 Å². The molecule has 0 bridgehead atoms. The Morgan fingerprint density at radius 2 is 2.14 bits per heavy atom. The Morgan fingerprint density at radius 1 is 1.41 bits per heavy atom. The van der Waals surface area contributed by atoms with Crippen LogP contribution < -0.4 is 0 Å². The van der Waals surface area contributed by atoms with E-state index in [1.54, 1.807) is 0 Å². The molecular weight excluding hydrogens is 292 g/mol. The van der Waals surface area contributed by atoms with Gasteiger partial charge in [-0.25, -0.2) is 8.78 Å². The van der Waals surface area contributed by atoms with Crippen LogP contribution in [-0.2, 0) is 10.2 Å². The van der Waals surface area contributed by atoms with Crippen molar-refractivity contribution in [3.63, 3.8) is 0 Å². The van der Waals surface area contributed by atoms with Gasteiger partial charge in [-0.1, -0.05) is 6.92 Å². The molecule has 1 aromatic heterocycles.